The van der Waals surface area contributed by atoms with Crippen LogP contribution >= 0.6 is 0 Å². The summed E-state index contributed by atoms with van der Waals surface area (Å²) in [5.74, 6) is 2.25. The van der Waals surface area contributed by atoms with E-state index >= 15 is 0 Å². The van der Waals surface area contributed by atoms with Gasteiger partial charge < -0.3 is 10.3 Å². The number of aromatic nitrogens is 2. The predicted octanol–water partition coefficient (Wildman–Crippen LogP) is 3.84. The average Bonchev–Trinajstić information content (AvgIpc) is 3.15. The second kappa shape index (κ2) is 5.18. The summed E-state index contributed by atoms with van der Waals surface area (Å²) in [4.78, 5) is 7.84. The van der Waals surface area contributed by atoms with Crippen molar-refractivity contribution in [3.63, 3.8) is 0 Å². The van der Waals surface area contributed by atoms with Gasteiger partial charge in [0.2, 0.25) is 0 Å². The molecule has 2 fully saturated rings. The van der Waals surface area contributed by atoms with Crippen LogP contribution in [0.2, 0.25) is 0 Å². The van der Waals surface area contributed by atoms with Gasteiger partial charge in [-0.25, -0.2) is 4.98 Å². The van der Waals surface area contributed by atoms with Crippen LogP contribution in [0.15, 0.2) is 6.33 Å². The number of hydrogen-bond donors (Lipinski definition) is 2. The maximum absolute atomic E-state index is 4.50. The molecule has 0 bridgehead atoms. The number of hydrogen-bond acceptors (Lipinski definition) is 2. The quantitative estimate of drug-likeness (QED) is 0.876. The molecule has 0 amide bonds. The molecule has 112 valence electrons. The Hall–Kier alpha value is -0.830. The first kappa shape index (κ1) is 14.1. The largest absolute Gasteiger partial charge is 0.347 e. The van der Waals surface area contributed by atoms with Crippen LogP contribution in [0.5, 0.6) is 0 Å². The molecular formula is C17H29N3. The van der Waals surface area contributed by atoms with Gasteiger partial charge in [0.1, 0.15) is 0 Å². The van der Waals surface area contributed by atoms with E-state index in [9.17, 15) is 0 Å². The molecule has 20 heavy (non-hydrogen) atoms. The summed E-state index contributed by atoms with van der Waals surface area (Å²) in [6.07, 6.45) is 7.13. The Balaban J connectivity index is 1.59. The summed E-state index contributed by atoms with van der Waals surface area (Å²) in [7, 11) is 0. The molecule has 3 atom stereocenters. The molecule has 1 unspecified atom stereocenters. The molecule has 0 spiro atoms. The highest BCUT2D eigenvalue weighted by molar-refractivity contribution is 5.20. The maximum atomic E-state index is 4.50. The van der Waals surface area contributed by atoms with E-state index in [1.54, 1.807) is 0 Å². The number of imidazole rings is 1. The fourth-order valence-corrected chi connectivity index (χ4v) is 3.78. The van der Waals surface area contributed by atoms with Gasteiger partial charge in [-0.05, 0) is 42.9 Å². The van der Waals surface area contributed by atoms with E-state index in [1.807, 2.05) is 6.33 Å². The van der Waals surface area contributed by atoms with Crippen molar-refractivity contribution in [3.05, 3.63) is 17.7 Å². The Labute approximate surface area is 123 Å². The van der Waals surface area contributed by atoms with Crippen LogP contribution in [0.25, 0.3) is 0 Å². The second-order valence-electron chi connectivity index (χ2n) is 7.70. The molecule has 1 aromatic heterocycles. The summed E-state index contributed by atoms with van der Waals surface area (Å²) in [5, 5.41) is 3.79. The zero-order chi connectivity index (χ0) is 14.3. The number of H-pyrrole nitrogens is 1. The monoisotopic (exact) mass is 275 g/mol. The lowest BCUT2D eigenvalue weighted by Crippen LogP contribution is -2.46. The van der Waals surface area contributed by atoms with Crippen molar-refractivity contribution in [2.24, 2.45) is 17.3 Å². The van der Waals surface area contributed by atoms with Crippen molar-refractivity contribution in [2.45, 2.75) is 71.9 Å². The van der Waals surface area contributed by atoms with E-state index in [0.29, 0.717) is 11.5 Å². The minimum atomic E-state index is 0.491. The molecule has 1 aromatic rings. The van der Waals surface area contributed by atoms with Crippen molar-refractivity contribution in [1.29, 1.82) is 0 Å². The predicted molar refractivity (Wildman–Crippen MR) is 82.5 cm³/mol. The van der Waals surface area contributed by atoms with Crippen molar-refractivity contribution in [3.8, 4) is 0 Å². The fraction of sp³-hybridized carbons (Fsp3) is 0.824. The first-order valence-electron chi connectivity index (χ1n) is 8.24. The number of aromatic amines is 1. The van der Waals surface area contributed by atoms with Gasteiger partial charge in [-0.15, -0.1) is 0 Å². The van der Waals surface area contributed by atoms with E-state index in [0.717, 1.165) is 24.3 Å². The van der Waals surface area contributed by atoms with Crippen molar-refractivity contribution >= 4 is 0 Å². The molecule has 2 aliphatic carbocycles. The zero-order valence-corrected chi connectivity index (χ0v) is 13.4. The van der Waals surface area contributed by atoms with E-state index in [4.69, 9.17) is 0 Å². The van der Waals surface area contributed by atoms with E-state index in [-0.39, 0.29) is 0 Å². The SMILES string of the molecule is CC1[C@@H](C)C(C)(C)CC[C@H]1NCc1[nH]cnc1C1CC1. The first-order valence-corrected chi connectivity index (χ1v) is 8.24. The van der Waals surface area contributed by atoms with Crippen LogP contribution in [0.1, 0.15) is 70.7 Å². The lowest BCUT2D eigenvalue weighted by Gasteiger charge is -2.45. The lowest BCUT2D eigenvalue weighted by molar-refractivity contribution is 0.0682. The van der Waals surface area contributed by atoms with Crippen molar-refractivity contribution < 1.29 is 0 Å². The van der Waals surface area contributed by atoms with Crippen molar-refractivity contribution in [2.75, 3.05) is 0 Å². The fourth-order valence-electron chi connectivity index (χ4n) is 3.78. The van der Waals surface area contributed by atoms with E-state index < -0.39 is 0 Å². The van der Waals surface area contributed by atoms with Gasteiger partial charge >= 0.3 is 0 Å². The molecule has 0 aliphatic heterocycles. The summed E-state index contributed by atoms with van der Waals surface area (Å²) >= 11 is 0. The Morgan fingerprint density at radius 2 is 2.05 bits per heavy atom. The Bertz CT molecular complexity index is 459. The first-order chi connectivity index (χ1) is 9.49. The molecule has 3 heteroatoms. The number of nitrogens with one attached hydrogen (secondary N) is 2. The van der Waals surface area contributed by atoms with Gasteiger partial charge in [-0.2, -0.15) is 0 Å². The minimum Gasteiger partial charge on any atom is -0.347 e. The third-order valence-corrected chi connectivity index (χ3v) is 6.01. The normalized spacial score (nSPS) is 33.3. The van der Waals surface area contributed by atoms with Gasteiger partial charge in [0.05, 0.1) is 17.7 Å². The van der Waals surface area contributed by atoms with E-state index in [2.05, 4.69) is 43.0 Å². The van der Waals surface area contributed by atoms with E-state index in [1.165, 1.54) is 37.1 Å². The maximum Gasteiger partial charge on any atom is 0.0925 e. The van der Waals surface area contributed by atoms with Crippen LogP contribution in [0.3, 0.4) is 0 Å². The Morgan fingerprint density at radius 3 is 2.75 bits per heavy atom. The highest BCUT2D eigenvalue weighted by atomic mass is 15.0. The van der Waals surface area contributed by atoms with Crippen LogP contribution in [0, 0.1) is 17.3 Å². The highest BCUT2D eigenvalue weighted by Crippen LogP contribution is 2.44. The molecule has 2 aliphatic rings. The third kappa shape index (κ3) is 2.65. The van der Waals surface area contributed by atoms with Crippen LogP contribution in [-0.4, -0.2) is 16.0 Å². The smallest absolute Gasteiger partial charge is 0.0925 e. The Kier molecular flexibility index (Phi) is 3.65. The molecule has 0 aromatic carbocycles. The summed E-state index contributed by atoms with van der Waals surface area (Å²) < 4.78 is 0. The van der Waals surface area contributed by atoms with Gasteiger partial charge in [0.25, 0.3) is 0 Å². The van der Waals surface area contributed by atoms with Crippen LogP contribution < -0.4 is 5.32 Å². The minimum absolute atomic E-state index is 0.491. The van der Waals surface area contributed by atoms with Crippen LogP contribution in [-0.2, 0) is 6.54 Å². The number of nitrogens with zero attached hydrogens (tertiary/aromatic N) is 1. The van der Waals surface area contributed by atoms with Gasteiger partial charge in [0, 0.05) is 18.5 Å². The number of rotatable bonds is 4. The summed E-state index contributed by atoms with van der Waals surface area (Å²) in [5.41, 5.74) is 3.12. The molecule has 2 saturated carbocycles. The zero-order valence-electron chi connectivity index (χ0n) is 13.4. The second-order valence-corrected chi connectivity index (χ2v) is 7.70. The lowest BCUT2D eigenvalue weighted by atomic mass is 9.63. The Morgan fingerprint density at radius 1 is 1.30 bits per heavy atom. The molecule has 3 nitrogen and oxygen atoms in total. The summed E-state index contributed by atoms with van der Waals surface area (Å²) in [6, 6.07) is 0.647. The average molecular weight is 275 g/mol. The van der Waals surface area contributed by atoms with Crippen LogP contribution in [0.4, 0.5) is 0 Å². The highest BCUT2D eigenvalue weighted by Gasteiger charge is 2.38. The molecule has 0 radical (unpaired) electrons. The molecule has 1 heterocycles. The molecular weight excluding hydrogens is 246 g/mol. The molecule has 2 N–H and O–H groups in total. The molecule has 3 rings (SSSR count). The molecule has 0 saturated heterocycles. The third-order valence-electron chi connectivity index (χ3n) is 6.01. The summed E-state index contributed by atoms with van der Waals surface area (Å²) in [6.45, 7) is 10.6. The van der Waals surface area contributed by atoms with Gasteiger partial charge in [0.15, 0.2) is 0 Å². The van der Waals surface area contributed by atoms with Gasteiger partial charge in [-0.3, -0.25) is 0 Å². The topological polar surface area (TPSA) is 40.7 Å². The standard InChI is InChI=1S/C17H29N3/c1-11-12(2)17(3,4)8-7-14(11)18-9-15-16(13-5-6-13)20-10-19-15/h10-14,18H,5-9H2,1-4H3,(H,19,20)/t11?,12-,14-/m1/s1. The van der Waals surface area contributed by atoms with Crippen molar-refractivity contribution in [1.82, 2.24) is 15.3 Å². The van der Waals surface area contributed by atoms with Gasteiger partial charge in [-0.1, -0.05) is 27.7 Å².